The summed E-state index contributed by atoms with van der Waals surface area (Å²) in [6.45, 7) is 8.25. The minimum absolute atomic E-state index is 0.0164. The van der Waals surface area contributed by atoms with Gasteiger partial charge in [0.1, 0.15) is 11.6 Å². The van der Waals surface area contributed by atoms with Crippen LogP contribution in [0.3, 0.4) is 0 Å². The summed E-state index contributed by atoms with van der Waals surface area (Å²) in [7, 11) is 0. The molecule has 118 valence electrons. The molecule has 2 amide bonds. The number of piperazine rings is 1. The van der Waals surface area contributed by atoms with Crippen LogP contribution in [0.4, 0.5) is 0 Å². The van der Waals surface area contributed by atoms with E-state index in [1.54, 1.807) is 4.90 Å². The van der Waals surface area contributed by atoms with Crippen LogP contribution in [0.15, 0.2) is 11.1 Å². The first kappa shape index (κ1) is 16.3. The van der Waals surface area contributed by atoms with Gasteiger partial charge in [-0.2, -0.15) is 0 Å². The summed E-state index contributed by atoms with van der Waals surface area (Å²) in [4.78, 5) is 27.4. The molecule has 5 heteroatoms. The van der Waals surface area contributed by atoms with Crippen LogP contribution in [0.1, 0.15) is 47.0 Å². The fraction of sp³-hybridized carbons (Fsp3) is 0.750. The zero-order chi connectivity index (χ0) is 15.8. The van der Waals surface area contributed by atoms with E-state index in [9.17, 15) is 9.59 Å². The highest BCUT2D eigenvalue weighted by atomic mass is 35.5. The minimum atomic E-state index is -0.734. The molecule has 1 aliphatic carbocycles. The molecule has 1 aliphatic heterocycles. The number of nitrogens with zero attached hydrogens (tertiary/aromatic N) is 1. The molecule has 4 nitrogen and oxygen atoms in total. The van der Waals surface area contributed by atoms with E-state index in [2.05, 4.69) is 5.32 Å². The average Bonchev–Trinajstić information content (AvgIpc) is 3.31. The number of amides is 2. The molecule has 0 spiro atoms. The molecule has 0 radical (unpaired) electrons. The number of hydrogen-bond acceptors (Lipinski definition) is 2. The zero-order valence-corrected chi connectivity index (χ0v) is 14.0. The molecule has 2 aliphatic rings. The molecular formula is C16H25ClN2O2. The van der Waals surface area contributed by atoms with E-state index in [1.807, 2.05) is 27.7 Å². The molecule has 0 aromatic carbocycles. The quantitative estimate of drug-likeness (QED) is 0.848. The van der Waals surface area contributed by atoms with Gasteiger partial charge >= 0.3 is 0 Å². The molecule has 0 aromatic heterocycles. The topological polar surface area (TPSA) is 49.4 Å². The van der Waals surface area contributed by atoms with Gasteiger partial charge in [0, 0.05) is 12.1 Å². The Morgan fingerprint density at radius 2 is 2.14 bits per heavy atom. The van der Waals surface area contributed by atoms with Gasteiger partial charge in [-0.25, -0.2) is 0 Å². The van der Waals surface area contributed by atoms with Crippen LogP contribution < -0.4 is 5.32 Å². The van der Waals surface area contributed by atoms with E-state index >= 15 is 0 Å². The highest BCUT2D eigenvalue weighted by Crippen LogP contribution is 2.45. The highest BCUT2D eigenvalue weighted by Gasteiger charge is 2.57. The van der Waals surface area contributed by atoms with E-state index in [4.69, 9.17) is 11.6 Å². The van der Waals surface area contributed by atoms with E-state index < -0.39 is 11.6 Å². The lowest BCUT2D eigenvalue weighted by Gasteiger charge is -2.48. The van der Waals surface area contributed by atoms with Gasteiger partial charge in [0.25, 0.3) is 0 Å². The lowest BCUT2D eigenvalue weighted by atomic mass is 9.84. The van der Waals surface area contributed by atoms with E-state index in [1.165, 1.54) is 5.54 Å². The van der Waals surface area contributed by atoms with Crippen molar-refractivity contribution >= 4 is 23.4 Å². The highest BCUT2D eigenvalue weighted by molar-refractivity contribution is 6.25. The van der Waals surface area contributed by atoms with Crippen LogP contribution in [0.25, 0.3) is 0 Å². The van der Waals surface area contributed by atoms with Crippen molar-refractivity contribution in [3.05, 3.63) is 11.1 Å². The maximum absolute atomic E-state index is 12.9. The third-order valence-corrected chi connectivity index (χ3v) is 5.39. The first-order chi connectivity index (χ1) is 9.86. The van der Waals surface area contributed by atoms with Crippen LogP contribution in [-0.2, 0) is 9.59 Å². The zero-order valence-electron chi connectivity index (χ0n) is 13.3. The second-order valence-corrected chi connectivity index (χ2v) is 6.86. The van der Waals surface area contributed by atoms with Crippen LogP contribution in [0.2, 0.25) is 0 Å². The summed E-state index contributed by atoms with van der Waals surface area (Å²) >= 11 is 5.77. The van der Waals surface area contributed by atoms with Gasteiger partial charge in [-0.1, -0.05) is 31.9 Å². The maximum Gasteiger partial charge on any atom is 0.246 e. The molecule has 1 heterocycles. The second kappa shape index (κ2) is 5.99. The van der Waals surface area contributed by atoms with Crippen molar-refractivity contribution in [3.63, 3.8) is 0 Å². The molecule has 0 aromatic rings. The van der Waals surface area contributed by atoms with Gasteiger partial charge < -0.3 is 10.2 Å². The lowest BCUT2D eigenvalue weighted by molar-refractivity contribution is -0.158. The monoisotopic (exact) mass is 312 g/mol. The van der Waals surface area contributed by atoms with Crippen LogP contribution >= 0.6 is 11.6 Å². The normalized spacial score (nSPS) is 32.1. The van der Waals surface area contributed by atoms with Gasteiger partial charge in [-0.05, 0) is 44.1 Å². The summed E-state index contributed by atoms with van der Waals surface area (Å²) in [6.07, 6.45) is 2.87. The van der Waals surface area contributed by atoms with Crippen molar-refractivity contribution in [1.29, 1.82) is 0 Å². The molecule has 3 unspecified atom stereocenters. The third kappa shape index (κ3) is 2.83. The van der Waals surface area contributed by atoms with Crippen molar-refractivity contribution < 1.29 is 9.59 Å². The summed E-state index contributed by atoms with van der Waals surface area (Å²) < 4.78 is 0. The molecule has 1 saturated carbocycles. The van der Waals surface area contributed by atoms with Gasteiger partial charge in [0.15, 0.2) is 0 Å². The summed E-state index contributed by atoms with van der Waals surface area (Å²) in [5.41, 5.74) is 1.66. The predicted octanol–water partition coefficient (Wildman–Crippen LogP) is 2.67. The molecule has 2 fully saturated rings. The van der Waals surface area contributed by atoms with Crippen LogP contribution in [0.5, 0.6) is 0 Å². The molecule has 2 rings (SSSR count). The van der Waals surface area contributed by atoms with Crippen molar-refractivity contribution in [1.82, 2.24) is 10.2 Å². The Kier molecular flexibility index (Phi) is 4.66. The van der Waals surface area contributed by atoms with E-state index in [0.717, 1.165) is 24.8 Å². The minimum Gasteiger partial charge on any atom is -0.342 e. The SMILES string of the molecule is CCC(C)C1NC(=O)C(C)(C2CC2)N(CC(C)=CCl)C1=O. The molecular weight excluding hydrogens is 288 g/mol. The van der Waals surface area contributed by atoms with E-state index in [0.29, 0.717) is 6.54 Å². The first-order valence-electron chi connectivity index (χ1n) is 7.74. The van der Waals surface area contributed by atoms with Crippen molar-refractivity contribution in [3.8, 4) is 0 Å². The fourth-order valence-corrected chi connectivity index (χ4v) is 3.14. The Balaban J connectivity index is 2.34. The van der Waals surface area contributed by atoms with Crippen molar-refractivity contribution in [2.75, 3.05) is 6.54 Å². The smallest absolute Gasteiger partial charge is 0.246 e. The van der Waals surface area contributed by atoms with E-state index in [-0.39, 0.29) is 23.7 Å². The van der Waals surface area contributed by atoms with Gasteiger partial charge in [0.05, 0.1) is 0 Å². The average molecular weight is 313 g/mol. The third-order valence-electron chi connectivity index (χ3n) is 5.02. The second-order valence-electron chi connectivity index (χ2n) is 6.64. The fourth-order valence-electron chi connectivity index (χ4n) is 3.07. The molecule has 3 atom stereocenters. The molecule has 1 saturated heterocycles. The predicted molar refractivity (Wildman–Crippen MR) is 83.8 cm³/mol. The lowest BCUT2D eigenvalue weighted by Crippen LogP contribution is -2.71. The van der Waals surface area contributed by atoms with Crippen molar-refractivity contribution in [2.45, 2.75) is 58.5 Å². The molecule has 21 heavy (non-hydrogen) atoms. The number of rotatable bonds is 5. The summed E-state index contributed by atoms with van der Waals surface area (Å²) in [5.74, 6) is 0.406. The Bertz CT molecular complexity index is 473. The molecule has 1 N–H and O–H groups in total. The Morgan fingerprint density at radius 3 is 2.62 bits per heavy atom. The van der Waals surface area contributed by atoms with Gasteiger partial charge in [-0.15, -0.1) is 0 Å². The van der Waals surface area contributed by atoms with Gasteiger partial charge in [-0.3, -0.25) is 9.59 Å². The number of carbonyl (C=O) groups is 2. The van der Waals surface area contributed by atoms with Crippen molar-refractivity contribution in [2.24, 2.45) is 11.8 Å². The number of halogens is 1. The Morgan fingerprint density at radius 1 is 1.52 bits per heavy atom. The number of hydrogen-bond donors (Lipinski definition) is 1. The maximum atomic E-state index is 12.9. The first-order valence-corrected chi connectivity index (χ1v) is 8.18. The van der Waals surface area contributed by atoms with Crippen LogP contribution in [0, 0.1) is 11.8 Å². The number of nitrogens with one attached hydrogen (secondary N) is 1. The Hall–Kier alpha value is -1.03. The Labute approximate surface area is 131 Å². The van der Waals surface area contributed by atoms with Crippen LogP contribution in [-0.4, -0.2) is 34.8 Å². The molecule has 0 bridgehead atoms. The standard InChI is InChI=1S/C16H25ClN2O2/c1-5-11(3)13-14(20)19(9-10(2)8-17)16(4,12-6-7-12)15(21)18-13/h8,11-13H,5-7,9H2,1-4H3,(H,18,21). The largest absolute Gasteiger partial charge is 0.342 e. The summed E-state index contributed by atoms with van der Waals surface area (Å²) in [6, 6.07) is -0.419. The number of carbonyl (C=O) groups excluding carboxylic acids is 2. The van der Waals surface area contributed by atoms with Gasteiger partial charge in [0.2, 0.25) is 11.8 Å². The summed E-state index contributed by atoms with van der Waals surface area (Å²) in [5, 5.41) is 2.97.